The van der Waals surface area contributed by atoms with Crippen LogP contribution in [0.3, 0.4) is 0 Å². The maximum absolute atomic E-state index is 13.3. The summed E-state index contributed by atoms with van der Waals surface area (Å²) in [5, 5.41) is 0. The SMILES string of the molecule is CCCN(C(=O)CCCN1C(=O)c2ccccc2N2C(=O)CCC12C)C1CCS(=O)(=O)C1. The third-order valence-electron chi connectivity index (χ3n) is 6.95. The number of nitrogens with zero attached hydrogens (tertiary/aromatic N) is 3. The smallest absolute Gasteiger partial charge is 0.257 e. The summed E-state index contributed by atoms with van der Waals surface area (Å²) < 4.78 is 23.8. The molecule has 3 heterocycles. The molecule has 2 unspecified atom stereocenters. The predicted octanol–water partition coefficient (Wildman–Crippen LogP) is 2.19. The molecule has 1 aromatic carbocycles. The van der Waals surface area contributed by atoms with E-state index in [2.05, 4.69) is 0 Å². The Morgan fingerprint density at radius 2 is 2.00 bits per heavy atom. The molecule has 9 heteroatoms. The van der Waals surface area contributed by atoms with Gasteiger partial charge in [-0.15, -0.1) is 0 Å². The highest BCUT2D eigenvalue weighted by molar-refractivity contribution is 7.91. The van der Waals surface area contributed by atoms with Crippen molar-refractivity contribution in [3.63, 3.8) is 0 Å². The number of carbonyl (C=O) groups is 3. The topological polar surface area (TPSA) is 95.1 Å². The second-order valence-corrected chi connectivity index (χ2v) is 11.4. The van der Waals surface area contributed by atoms with Gasteiger partial charge in [0, 0.05) is 32.0 Å². The molecular weight excluding hydrogens is 430 g/mol. The average molecular weight is 462 g/mol. The highest BCUT2D eigenvalue weighted by atomic mass is 32.2. The van der Waals surface area contributed by atoms with Crippen molar-refractivity contribution in [1.29, 1.82) is 0 Å². The number of amides is 3. The van der Waals surface area contributed by atoms with Gasteiger partial charge in [-0.05, 0) is 44.7 Å². The van der Waals surface area contributed by atoms with Gasteiger partial charge in [-0.2, -0.15) is 0 Å². The lowest BCUT2D eigenvalue weighted by Crippen LogP contribution is -2.62. The Kier molecular flexibility index (Phi) is 6.04. The summed E-state index contributed by atoms with van der Waals surface area (Å²) in [6.45, 7) is 4.79. The highest BCUT2D eigenvalue weighted by Gasteiger charge is 2.52. The van der Waals surface area contributed by atoms with Gasteiger partial charge in [-0.25, -0.2) is 8.42 Å². The standard InChI is InChI=1S/C23H31N3O5S/c1-3-13-24(17-11-15-32(30,31)16-17)20(27)9-6-14-25-22(29)18-7-4-5-8-19(18)26-21(28)10-12-23(25,26)2/h4-5,7-8,17H,3,6,9-16H2,1-2H3. The molecular formula is C23H31N3O5S. The van der Waals surface area contributed by atoms with E-state index in [4.69, 9.17) is 0 Å². The molecule has 4 rings (SSSR count). The summed E-state index contributed by atoms with van der Waals surface area (Å²) in [4.78, 5) is 44.1. The number of carbonyl (C=O) groups excluding carboxylic acids is 3. The number of hydrogen-bond donors (Lipinski definition) is 0. The molecule has 3 aliphatic rings. The Morgan fingerprint density at radius 1 is 1.25 bits per heavy atom. The van der Waals surface area contributed by atoms with E-state index in [-0.39, 0.29) is 41.7 Å². The lowest BCUT2D eigenvalue weighted by Gasteiger charge is -2.48. The molecule has 1 aromatic rings. The second kappa shape index (κ2) is 8.50. The molecule has 2 fully saturated rings. The fourth-order valence-corrected chi connectivity index (χ4v) is 7.08. The van der Waals surface area contributed by atoms with E-state index in [1.807, 2.05) is 26.0 Å². The normalized spacial score (nSPS) is 26.2. The van der Waals surface area contributed by atoms with Crippen molar-refractivity contribution in [2.24, 2.45) is 0 Å². The number of rotatable bonds is 7. The maximum Gasteiger partial charge on any atom is 0.257 e. The third-order valence-corrected chi connectivity index (χ3v) is 8.70. The molecule has 32 heavy (non-hydrogen) atoms. The average Bonchev–Trinajstić information content (AvgIpc) is 3.27. The lowest BCUT2D eigenvalue weighted by molar-refractivity contribution is -0.133. The first kappa shape index (κ1) is 22.8. The van der Waals surface area contributed by atoms with Crippen molar-refractivity contribution >= 4 is 33.2 Å². The van der Waals surface area contributed by atoms with Crippen molar-refractivity contribution in [3.05, 3.63) is 29.8 Å². The van der Waals surface area contributed by atoms with Crippen molar-refractivity contribution < 1.29 is 22.8 Å². The van der Waals surface area contributed by atoms with E-state index in [0.717, 1.165) is 6.42 Å². The van der Waals surface area contributed by atoms with Crippen LogP contribution in [0.25, 0.3) is 0 Å². The number of para-hydroxylation sites is 1. The van der Waals surface area contributed by atoms with Crippen LogP contribution in [-0.4, -0.2) is 72.2 Å². The fraction of sp³-hybridized carbons (Fsp3) is 0.609. The molecule has 0 radical (unpaired) electrons. The van der Waals surface area contributed by atoms with Crippen LogP contribution >= 0.6 is 0 Å². The van der Waals surface area contributed by atoms with Gasteiger partial charge >= 0.3 is 0 Å². The molecule has 8 nitrogen and oxygen atoms in total. The van der Waals surface area contributed by atoms with Crippen LogP contribution in [0.1, 0.15) is 62.7 Å². The molecule has 0 spiro atoms. The Bertz CT molecular complexity index is 1040. The zero-order valence-electron chi connectivity index (χ0n) is 18.7. The summed E-state index contributed by atoms with van der Waals surface area (Å²) in [7, 11) is -3.07. The molecule has 3 aliphatic heterocycles. The third kappa shape index (κ3) is 3.91. The van der Waals surface area contributed by atoms with E-state index in [1.165, 1.54) is 0 Å². The van der Waals surface area contributed by atoms with Crippen LogP contribution < -0.4 is 4.90 Å². The predicted molar refractivity (Wildman–Crippen MR) is 121 cm³/mol. The Morgan fingerprint density at radius 3 is 2.69 bits per heavy atom. The molecule has 174 valence electrons. The quantitative estimate of drug-likeness (QED) is 0.620. The number of benzene rings is 1. The van der Waals surface area contributed by atoms with E-state index in [9.17, 15) is 22.8 Å². The molecule has 0 aliphatic carbocycles. The molecule has 3 amide bonds. The van der Waals surface area contributed by atoms with Crippen molar-refractivity contribution in [1.82, 2.24) is 9.80 Å². The van der Waals surface area contributed by atoms with Crippen LogP contribution in [0.4, 0.5) is 5.69 Å². The summed E-state index contributed by atoms with van der Waals surface area (Å²) in [6, 6.07) is 6.92. The first-order valence-electron chi connectivity index (χ1n) is 11.4. The van der Waals surface area contributed by atoms with Crippen molar-refractivity contribution in [3.8, 4) is 0 Å². The minimum Gasteiger partial charge on any atom is -0.339 e. The first-order valence-corrected chi connectivity index (χ1v) is 13.2. The highest BCUT2D eigenvalue weighted by Crippen LogP contribution is 2.44. The minimum absolute atomic E-state index is 0.00471. The van der Waals surface area contributed by atoms with Gasteiger partial charge in [-0.1, -0.05) is 19.1 Å². The largest absolute Gasteiger partial charge is 0.339 e. The maximum atomic E-state index is 13.3. The number of fused-ring (bicyclic) bond motifs is 3. The summed E-state index contributed by atoms with van der Waals surface area (Å²) in [5.74, 6) is -0.00754. The molecule has 0 saturated carbocycles. The van der Waals surface area contributed by atoms with E-state index in [1.54, 1.807) is 26.8 Å². The molecule has 0 aromatic heterocycles. The van der Waals surface area contributed by atoms with Gasteiger partial charge in [0.05, 0.1) is 22.8 Å². The summed E-state index contributed by atoms with van der Waals surface area (Å²) >= 11 is 0. The monoisotopic (exact) mass is 461 g/mol. The molecule has 0 N–H and O–H groups in total. The van der Waals surface area contributed by atoms with Crippen molar-refractivity contribution in [2.45, 2.75) is 64.1 Å². The van der Waals surface area contributed by atoms with Crippen LogP contribution in [0.5, 0.6) is 0 Å². The Hall–Kier alpha value is -2.42. The molecule has 0 bridgehead atoms. The van der Waals surface area contributed by atoms with Gasteiger partial charge in [0.15, 0.2) is 9.84 Å². The number of hydrogen-bond acceptors (Lipinski definition) is 5. The van der Waals surface area contributed by atoms with Crippen LogP contribution in [0.2, 0.25) is 0 Å². The molecule has 2 saturated heterocycles. The molecule has 2 atom stereocenters. The summed E-state index contributed by atoms with van der Waals surface area (Å²) in [6.07, 6.45) is 2.90. The van der Waals surface area contributed by atoms with Gasteiger partial charge < -0.3 is 9.80 Å². The van der Waals surface area contributed by atoms with Gasteiger partial charge in [0.25, 0.3) is 5.91 Å². The van der Waals surface area contributed by atoms with E-state index < -0.39 is 15.5 Å². The van der Waals surface area contributed by atoms with Crippen LogP contribution in [-0.2, 0) is 19.4 Å². The van der Waals surface area contributed by atoms with Crippen molar-refractivity contribution in [2.75, 3.05) is 29.5 Å². The Balaban J connectivity index is 1.47. The lowest BCUT2D eigenvalue weighted by atomic mass is 9.97. The number of sulfone groups is 1. The Labute approximate surface area is 189 Å². The van der Waals surface area contributed by atoms with Gasteiger partial charge in [-0.3, -0.25) is 19.3 Å². The first-order chi connectivity index (χ1) is 15.2. The van der Waals surface area contributed by atoms with E-state index in [0.29, 0.717) is 50.0 Å². The zero-order chi connectivity index (χ0) is 23.1. The number of anilines is 1. The zero-order valence-corrected chi connectivity index (χ0v) is 19.6. The van der Waals surface area contributed by atoms with Gasteiger partial charge in [0.2, 0.25) is 11.8 Å². The second-order valence-electron chi connectivity index (χ2n) is 9.17. The van der Waals surface area contributed by atoms with Crippen LogP contribution in [0, 0.1) is 0 Å². The summed E-state index contributed by atoms with van der Waals surface area (Å²) in [5.41, 5.74) is 0.440. The minimum atomic E-state index is -3.07. The van der Waals surface area contributed by atoms with Gasteiger partial charge in [0.1, 0.15) is 5.66 Å². The fourth-order valence-electron chi connectivity index (χ4n) is 5.35. The van der Waals surface area contributed by atoms with E-state index >= 15 is 0 Å². The van der Waals surface area contributed by atoms with Crippen LogP contribution in [0.15, 0.2) is 24.3 Å².